The Morgan fingerprint density at radius 3 is 1.47 bits per heavy atom. The smallest absolute Gasteiger partial charge is 0.0933 e. The van der Waals surface area contributed by atoms with Crippen molar-refractivity contribution in [3.05, 3.63) is 134 Å². The highest BCUT2D eigenvalue weighted by Crippen LogP contribution is 2.30. The van der Waals surface area contributed by atoms with Gasteiger partial charge in [0.2, 0.25) is 0 Å². The lowest BCUT2D eigenvalue weighted by molar-refractivity contribution is 0.974. The van der Waals surface area contributed by atoms with Gasteiger partial charge in [-0.2, -0.15) is 10.2 Å². The van der Waals surface area contributed by atoms with Crippen LogP contribution in [0.2, 0.25) is 0 Å². The Kier molecular flexibility index (Phi) is 4.49. The normalized spacial score (nSPS) is 11.7. The van der Waals surface area contributed by atoms with Crippen LogP contribution in [0.4, 0.5) is 0 Å². The van der Waals surface area contributed by atoms with E-state index < -0.39 is 0 Å². The van der Waals surface area contributed by atoms with Crippen LogP contribution in [-0.4, -0.2) is 19.2 Å². The second-order valence-corrected chi connectivity index (χ2v) is 9.76. The van der Waals surface area contributed by atoms with E-state index in [9.17, 15) is 0 Å². The van der Waals surface area contributed by atoms with E-state index in [1.807, 2.05) is 9.03 Å². The molecule has 0 aliphatic heterocycles. The van der Waals surface area contributed by atoms with Crippen molar-refractivity contribution in [3.8, 4) is 33.6 Å². The van der Waals surface area contributed by atoms with Crippen molar-refractivity contribution < 1.29 is 0 Å². The number of rotatable bonds is 3. The molecular formula is C34H22N4. The first kappa shape index (κ1) is 20.9. The van der Waals surface area contributed by atoms with E-state index in [0.717, 1.165) is 39.1 Å². The average molecular weight is 487 g/mol. The maximum Gasteiger partial charge on any atom is 0.0933 e. The molecule has 0 unspecified atom stereocenters. The molecule has 0 amide bonds. The summed E-state index contributed by atoms with van der Waals surface area (Å²) in [5.74, 6) is 0. The molecule has 38 heavy (non-hydrogen) atoms. The number of pyridine rings is 2. The lowest BCUT2D eigenvalue weighted by Gasteiger charge is -2.05. The second kappa shape index (κ2) is 8.15. The van der Waals surface area contributed by atoms with E-state index in [4.69, 9.17) is 10.2 Å². The number of aromatic nitrogens is 4. The van der Waals surface area contributed by atoms with Crippen LogP contribution in [0.5, 0.6) is 0 Å². The van der Waals surface area contributed by atoms with E-state index in [0.29, 0.717) is 0 Å². The molecule has 0 aliphatic rings. The van der Waals surface area contributed by atoms with E-state index in [2.05, 4.69) is 134 Å². The van der Waals surface area contributed by atoms with Crippen molar-refractivity contribution >= 4 is 32.6 Å². The van der Waals surface area contributed by atoms with Gasteiger partial charge >= 0.3 is 0 Å². The largest absolute Gasteiger partial charge is 0.240 e. The van der Waals surface area contributed by atoms with Gasteiger partial charge in [-0.05, 0) is 52.2 Å². The highest BCUT2D eigenvalue weighted by Gasteiger charge is 2.09. The summed E-state index contributed by atoms with van der Waals surface area (Å²) in [6.45, 7) is 0. The van der Waals surface area contributed by atoms with Crippen molar-refractivity contribution in [2.45, 2.75) is 0 Å². The van der Waals surface area contributed by atoms with E-state index in [1.54, 1.807) is 0 Å². The predicted molar refractivity (Wildman–Crippen MR) is 155 cm³/mol. The third-order valence-electron chi connectivity index (χ3n) is 7.32. The Labute approximate surface area is 219 Å². The third kappa shape index (κ3) is 3.46. The average Bonchev–Trinajstić information content (AvgIpc) is 3.58. The summed E-state index contributed by atoms with van der Waals surface area (Å²) < 4.78 is 3.93. The molecule has 4 heteroatoms. The van der Waals surface area contributed by atoms with Crippen LogP contribution < -0.4 is 0 Å². The Hall–Kier alpha value is -5.22. The molecule has 0 spiro atoms. The summed E-state index contributed by atoms with van der Waals surface area (Å²) >= 11 is 0. The Bertz CT molecular complexity index is 2030. The van der Waals surface area contributed by atoms with Crippen molar-refractivity contribution in [1.82, 2.24) is 19.2 Å². The minimum atomic E-state index is 0.968. The summed E-state index contributed by atoms with van der Waals surface area (Å²) in [5.41, 5.74) is 8.66. The van der Waals surface area contributed by atoms with Crippen LogP contribution in [0.25, 0.3) is 66.2 Å². The monoisotopic (exact) mass is 486 g/mol. The zero-order chi connectivity index (χ0) is 25.1. The van der Waals surface area contributed by atoms with Crippen LogP contribution in [0.3, 0.4) is 0 Å². The molecule has 0 atom stereocenters. The molecular weight excluding hydrogens is 464 g/mol. The molecule has 4 aromatic heterocycles. The quantitative estimate of drug-likeness (QED) is 0.252. The van der Waals surface area contributed by atoms with E-state index in [1.165, 1.54) is 27.1 Å². The van der Waals surface area contributed by atoms with Gasteiger partial charge in [-0.25, -0.2) is 9.03 Å². The Morgan fingerprint density at radius 2 is 0.868 bits per heavy atom. The molecule has 0 fully saturated rings. The van der Waals surface area contributed by atoms with Crippen LogP contribution in [0.15, 0.2) is 134 Å². The second-order valence-electron chi connectivity index (χ2n) is 9.76. The van der Waals surface area contributed by atoms with E-state index >= 15 is 0 Å². The summed E-state index contributed by atoms with van der Waals surface area (Å²) in [7, 11) is 0. The summed E-state index contributed by atoms with van der Waals surface area (Å²) in [5, 5.41) is 14.5. The highest BCUT2D eigenvalue weighted by atomic mass is 15.2. The topological polar surface area (TPSA) is 34.6 Å². The molecule has 0 saturated carbocycles. The van der Waals surface area contributed by atoms with Crippen LogP contribution in [0, 0.1) is 0 Å². The third-order valence-corrected chi connectivity index (χ3v) is 7.32. The molecule has 4 nitrogen and oxygen atoms in total. The van der Waals surface area contributed by atoms with Crippen LogP contribution in [-0.2, 0) is 0 Å². The lowest BCUT2D eigenvalue weighted by Crippen LogP contribution is -1.88. The maximum atomic E-state index is 4.87. The minimum Gasteiger partial charge on any atom is -0.240 e. The summed E-state index contributed by atoms with van der Waals surface area (Å²) in [4.78, 5) is 0. The standard InChI is InChI=1S/C34H22N4/c1-3-8-29-21-37-31(17-26(29)6-1)19-33(35-37)24-14-12-23(13-15-24)25-10-5-11-28(16-25)34-20-32-18-27-7-2-4-9-30(27)22-38(32)36-34/h1-22H. The Morgan fingerprint density at radius 1 is 0.368 bits per heavy atom. The van der Waals surface area contributed by atoms with Gasteiger partial charge in [0, 0.05) is 34.3 Å². The fourth-order valence-corrected chi connectivity index (χ4v) is 5.32. The minimum absolute atomic E-state index is 0.968. The predicted octanol–water partition coefficient (Wildman–Crippen LogP) is 8.29. The highest BCUT2D eigenvalue weighted by molar-refractivity contribution is 5.87. The molecule has 0 aliphatic carbocycles. The zero-order valence-corrected chi connectivity index (χ0v) is 20.5. The molecule has 0 saturated heterocycles. The summed E-state index contributed by atoms with van der Waals surface area (Å²) in [6, 6.07) is 42.7. The zero-order valence-electron chi connectivity index (χ0n) is 20.5. The fraction of sp³-hybridized carbons (Fsp3) is 0. The van der Waals surface area contributed by atoms with Gasteiger partial charge in [0.1, 0.15) is 0 Å². The molecule has 0 N–H and O–H groups in total. The maximum absolute atomic E-state index is 4.87. The Balaban J connectivity index is 1.13. The number of fused-ring (bicyclic) bond motifs is 4. The van der Waals surface area contributed by atoms with Gasteiger partial charge in [0.15, 0.2) is 0 Å². The SMILES string of the molecule is c1cc(-c2ccc(-c3cc4cc5ccccc5cn4n3)cc2)cc(-c2cc3cc4ccccc4cn3n2)c1. The number of benzene rings is 4. The first-order valence-corrected chi connectivity index (χ1v) is 12.7. The fourth-order valence-electron chi connectivity index (χ4n) is 5.32. The number of hydrogen-bond donors (Lipinski definition) is 0. The van der Waals surface area contributed by atoms with Gasteiger partial charge < -0.3 is 0 Å². The van der Waals surface area contributed by atoms with Crippen molar-refractivity contribution in [1.29, 1.82) is 0 Å². The van der Waals surface area contributed by atoms with Crippen LogP contribution in [0.1, 0.15) is 0 Å². The molecule has 0 bridgehead atoms. The molecule has 8 aromatic rings. The lowest BCUT2D eigenvalue weighted by atomic mass is 10.00. The summed E-state index contributed by atoms with van der Waals surface area (Å²) in [6.07, 6.45) is 4.19. The number of hydrogen-bond acceptors (Lipinski definition) is 2. The van der Waals surface area contributed by atoms with Crippen LogP contribution >= 0.6 is 0 Å². The van der Waals surface area contributed by atoms with Crippen molar-refractivity contribution in [3.63, 3.8) is 0 Å². The van der Waals surface area contributed by atoms with Gasteiger partial charge in [-0.3, -0.25) is 0 Å². The van der Waals surface area contributed by atoms with Crippen molar-refractivity contribution in [2.75, 3.05) is 0 Å². The molecule has 4 aromatic carbocycles. The molecule has 8 rings (SSSR count). The molecule has 4 heterocycles. The van der Waals surface area contributed by atoms with Gasteiger partial charge in [-0.15, -0.1) is 0 Å². The van der Waals surface area contributed by atoms with Crippen molar-refractivity contribution in [2.24, 2.45) is 0 Å². The molecule has 0 radical (unpaired) electrons. The van der Waals surface area contributed by atoms with Gasteiger partial charge in [0.25, 0.3) is 0 Å². The first-order chi connectivity index (χ1) is 18.8. The van der Waals surface area contributed by atoms with Gasteiger partial charge in [0.05, 0.1) is 22.4 Å². The molecule has 178 valence electrons. The van der Waals surface area contributed by atoms with Gasteiger partial charge in [-0.1, -0.05) is 91.0 Å². The number of nitrogens with zero attached hydrogens (tertiary/aromatic N) is 4. The first-order valence-electron chi connectivity index (χ1n) is 12.7. The van der Waals surface area contributed by atoms with E-state index in [-0.39, 0.29) is 0 Å².